The van der Waals surface area contributed by atoms with E-state index in [1.165, 1.54) is 12.0 Å². The highest BCUT2D eigenvalue weighted by Crippen LogP contribution is 2.26. The van der Waals surface area contributed by atoms with Gasteiger partial charge in [-0.15, -0.1) is 0 Å². The van der Waals surface area contributed by atoms with E-state index in [0.29, 0.717) is 12.2 Å². The summed E-state index contributed by atoms with van der Waals surface area (Å²) in [6.07, 6.45) is 3.65. The van der Waals surface area contributed by atoms with E-state index in [1.807, 2.05) is 30.3 Å². The van der Waals surface area contributed by atoms with Gasteiger partial charge >= 0.3 is 5.97 Å². The van der Waals surface area contributed by atoms with Gasteiger partial charge in [-0.3, -0.25) is 4.79 Å². The predicted molar refractivity (Wildman–Crippen MR) is 90.9 cm³/mol. The molecule has 0 fully saturated rings. The molecule has 1 amide bonds. The second-order valence-corrected chi connectivity index (χ2v) is 6.26. The number of amides is 1. The first-order valence-corrected chi connectivity index (χ1v) is 8.52. The Balaban J connectivity index is 1.91. The van der Waals surface area contributed by atoms with Crippen LogP contribution in [-0.4, -0.2) is 35.1 Å². The Hall–Kier alpha value is -2.63. The second-order valence-electron chi connectivity index (χ2n) is 6.26. The molecule has 0 aliphatic heterocycles. The maximum atomic E-state index is 13.1. The zero-order chi connectivity index (χ0) is 17.8. The van der Waals surface area contributed by atoms with Crippen molar-refractivity contribution in [1.29, 1.82) is 0 Å². The lowest BCUT2D eigenvalue weighted by Gasteiger charge is -2.27. The number of methoxy groups -OCH3 is 1. The quantitative estimate of drug-likeness (QED) is 0.781. The Bertz CT molecular complexity index is 754. The number of hydrogen-bond acceptors (Lipinski definition) is 5. The SMILES string of the molecule is COC(=O)[C@@H](C)N(Cc1ccccc1)C(=O)c1noc2c1CCCC2. The summed E-state index contributed by atoms with van der Waals surface area (Å²) in [5.41, 5.74) is 2.14. The normalized spacial score (nSPS) is 14.5. The van der Waals surface area contributed by atoms with Crippen LogP contribution < -0.4 is 0 Å². The monoisotopic (exact) mass is 342 g/mol. The van der Waals surface area contributed by atoms with Crippen molar-refractivity contribution in [3.63, 3.8) is 0 Å². The number of fused-ring (bicyclic) bond motifs is 1. The van der Waals surface area contributed by atoms with Gasteiger partial charge in [0.2, 0.25) is 0 Å². The van der Waals surface area contributed by atoms with E-state index in [1.54, 1.807) is 6.92 Å². The van der Waals surface area contributed by atoms with Crippen LogP contribution in [0.2, 0.25) is 0 Å². The van der Waals surface area contributed by atoms with Gasteiger partial charge in [-0.1, -0.05) is 35.5 Å². The molecule has 132 valence electrons. The number of hydrogen-bond donors (Lipinski definition) is 0. The van der Waals surface area contributed by atoms with Gasteiger partial charge in [0.1, 0.15) is 11.8 Å². The summed E-state index contributed by atoms with van der Waals surface area (Å²) >= 11 is 0. The number of ether oxygens (including phenoxy) is 1. The largest absolute Gasteiger partial charge is 0.467 e. The molecule has 6 nitrogen and oxygen atoms in total. The Labute approximate surface area is 146 Å². The average molecular weight is 342 g/mol. The molecule has 25 heavy (non-hydrogen) atoms. The lowest BCUT2D eigenvalue weighted by molar-refractivity contribution is -0.145. The van der Waals surface area contributed by atoms with E-state index in [-0.39, 0.29) is 5.91 Å². The van der Waals surface area contributed by atoms with Crippen LogP contribution in [-0.2, 0) is 28.9 Å². The molecule has 1 heterocycles. The second kappa shape index (κ2) is 7.51. The van der Waals surface area contributed by atoms with Crippen molar-refractivity contribution in [3.8, 4) is 0 Å². The molecule has 0 saturated heterocycles. The molecule has 6 heteroatoms. The molecule has 0 unspecified atom stereocenters. The lowest BCUT2D eigenvalue weighted by Crippen LogP contribution is -2.43. The summed E-state index contributed by atoms with van der Waals surface area (Å²) in [6.45, 7) is 1.97. The van der Waals surface area contributed by atoms with Gasteiger partial charge < -0.3 is 14.2 Å². The van der Waals surface area contributed by atoms with Gasteiger partial charge in [0.25, 0.3) is 5.91 Å². The van der Waals surface area contributed by atoms with Crippen molar-refractivity contribution in [2.24, 2.45) is 0 Å². The summed E-state index contributed by atoms with van der Waals surface area (Å²) in [4.78, 5) is 26.7. The predicted octanol–water partition coefficient (Wildman–Crippen LogP) is 2.76. The third-order valence-electron chi connectivity index (χ3n) is 4.62. The molecule has 0 spiro atoms. The molecule has 1 aliphatic carbocycles. The fourth-order valence-electron chi connectivity index (χ4n) is 3.15. The highest BCUT2D eigenvalue weighted by molar-refractivity contribution is 5.96. The molecule has 3 rings (SSSR count). The van der Waals surface area contributed by atoms with Crippen molar-refractivity contribution in [3.05, 3.63) is 52.9 Å². The van der Waals surface area contributed by atoms with Gasteiger partial charge in [0.15, 0.2) is 5.69 Å². The highest BCUT2D eigenvalue weighted by atomic mass is 16.5. The zero-order valence-corrected chi connectivity index (χ0v) is 14.5. The van der Waals surface area contributed by atoms with Crippen LogP contribution in [0.4, 0.5) is 0 Å². The summed E-state index contributed by atoms with van der Waals surface area (Å²) < 4.78 is 10.2. The first kappa shape index (κ1) is 17.2. The maximum Gasteiger partial charge on any atom is 0.328 e. The Morgan fingerprint density at radius 3 is 2.68 bits per heavy atom. The summed E-state index contributed by atoms with van der Waals surface area (Å²) in [5, 5.41) is 4.01. The number of aromatic nitrogens is 1. The Kier molecular flexibility index (Phi) is 5.16. The lowest BCUT2D eigenvalue weighted by atomic mass is 9.96. The minimum Gasteiger partial charge on any atom is -0.467 e. The van der Waals surface area contributed by atoms with Crippen LogP contribution in [0.3, 0.4) is 0 Å². The summed E-state index contributed by atoms with van der Waals surface area (Å²) in [6, 6.07) is 8.84. The van der Waals surface area contributed by atoms with E-state index in [4.69, 9.17) is 9.26 Å². The molecule has 1 aromatic heterocycles. The minimum atomic E-state index is -0.714. The first-order valence-electron chi connectivity index (χ1n) is 8.52. The Morgan fingerprint density at radius 2 is 1.96 bits per heavy atom. The third kappa shape index (κ3) is 3.57. The van der Waals surface area contributed by atoms with Crippen molar-refractivity contribution in [2.45, 2.75) is 45.2 Å². The number of esters is 1. The fraction of sp³-hybridized carbons (Fsp3) is 0.421. The molecule has 0 radical (unpaired) electrons. The van der Waals surface area contributed by atoms with Crippen molar-refractivity contribution in [1.82, 2.24) is 10.1 Å². The van der Waals surface area contributed by atoms with Crippen LogP contribution in [0.1, 0.15) is 47.1 Å². The third-order valence-corrected chi connectivity index (χ3v) is 4.62. The smallest absolute Gasteiger partial charge is 0.328 e. The molecule has 1 aliphatic rings. The van der Waals surface area contributed by atoms with E-state index in [9.17, 15) is 9.59 Å². The van der Waals surface area contributed by atoms with Crippen molar-refractivity contribution < 1.29 is 18.8 Å². The fourth-order valence-corrected chi connectivity index (χ4v) is 3.15. The van der Waals surface area contributed by atoms with E-state index < -0.39 is 12.0 Å². The average Bonchev–Trinajstić information content (AvgIpc) is 3.09. The first-order chi connectivity index (χ1) is 12.1. The van der Waals surface area contributed by atoms with Gasteiger partial charge in [0.05, 0.1) is 7.11 Å². The van der Waals surface area contributed by atoms with Crippen LogP contribution in [0, 0.1) is 0 Å². The Morgan fingerprint density at radius 1 is 1.24 bits per heavy atom. The molecule has 2 aromatic rings. The molecule has 1 aromatic carbocycles. The highest BCUT2D eigenvalue weighted by Gasteiger charge is 2.32. The standard InChI is InChI=1S/C19H22N2O4/c1-13(19(23)24-2)21(12-14-8-4-3-5-9-14)18(22)17-15-10-6-7-11-16(15)25-20-17/h3-5,8-9,13H,6-7,10-12H2,1-2H3/t13-/m1/s1. The number of rotatable bonds is 5. The number of nitrogens with zero attached hydrogens (tertiary/aromatic N) is 2. The van der Waals surface area contributed by atoms with E-state index >= 15 is 0 Å². The summed E-state index contributed by atoms with van der Waals surface area (Å²) in [7, 11) is 1.32. The van der Waals surface area contributed by atoms with Crippen molar-refractivity contribution in [2.75, 3.05) is 7.11 Å². The van der Waals surface area contributed by atoms with Gasteiger partial charge in [-0.25, -0.2) is 4.79 Å². The number of aryl methyl sites for hydroxylation is 1. The number of carbonyl (C=O) groups is 2. The molecule has 1 atom stereocenters. The van der Waals surface area contributed by atoms with Crippen LogP contribution in [0.5, 0.6) is 0 Å². The molecular weight excluding hydrogens is 320 g/mol. The van der Waals surface area contributed by atoms with Gasteiger partial charge in [-0.05, 0) is 31.7 Å². The number of carbonyl (C=O) groups excluding carboxylic acids is 2. The van der Waals surface area contributed by atoms with Crippen LogP contribution in [0.15, 0.2) is 34.9 Å². The minimum absolute atomic E-state index is 0.298. The van der Waals surface area contributed by atoms with Gasteiger partial charge in [-0.2, -0.15) is 0 Å². The van der Waals surface area contributed by atoms with E-state index in [2.05, 4.69) is 5.16 Å². The van der Waals surface area contributed by atoms with Crippen molar-refractivity contribution >= 4 is 11.9 Å². The maximum absolute atomic E-state index is 13.1. The zero-order valence-electron chi connectivity index (χ0n) is 14.5. The topological polar surface area (TPSA) is 72.6 Å². The molecule has 0 saturated carbocycles. The van der Waals surface area contributed by atoms with Gasteiger partial charge in [0, 0.05) is 18.5 Å². The molecule has 0 N–H and O–H groups in total. The molecular formula is C19H22N2O4. The molecule has 0 bridgehead atoms. The number of benzene rings is 1. The van der Waals surface area contributed by atoms with Crippen LogP contribution in [0.25, 0.3) is 0 Å². The summed E-state index contributed by atoms with van der Waals surface area (Å²) in [5.74, 6) is 0.0373. The van der Waals surface area contributed by atoms with Crippen LogP contribution >= 0.6 is 0 Å². The van der Waals surface area contributed by atoms with E-state index in [0.717, 1.165) is 42.6 Å².